The van der Waals surface area contributed by atoms with E-state index in [4.69, 9.17) is 9.47 Å². The molecule has 19 heavy (non-hydrogen) atoms. The van der Waals surface area contributed by atoms with E-state index in [1.807, 2.05) is 0 Å². The molecule has 2 heterocycles. The highest BCUT2D eigenvalue weighted by atomic mass is 16.5. The topological polar surface area (TPSA) is 79.9 Å². The van der Waals surface area contributed by atoms with Gasteiger partial charge in [-0.05, 0) is 0 Å². The van der Waals surface area contributed by atoms with Gasteiger partial charge < -0.3 is 25.0 Å². The fraction of sp³-hybridized carbons (Fsp3) is 0.833. The lowest BCUT2D eigenvalue weighted by atomic mass is 10.0. The van der Waals surface area contributed by atoms with E-state index < -0.39 is 17.4 Å². The minimum Gasteiger partial charge on any atom is -0.378 e. The van der Waals surface area contributed by atoms with Crippen LogP contribution in [-0.4, -0.2) is 75.4 Å². The smallest absolute Gasteiger partial charge is 0.311 e. The van der Waals surface area contributed by atoms with Gasteiger partial charge in [-0.25, -0.2) is 0 Å². The van der Waals surface area contributed by atoms with Gasteiger partial charge in [0.25, 0.3) is 0 Å². The Labute approximate surface area is 112 Å². The lowest BCUT2D eigenvalue weighted by Gasteiger charge is -2.28. The van der Waals surface area contributed by atoms with E-state index in [1.54, 1.807) is 12.0 Å². The van der Waals surface area contributed by atoms with Gasteiger partial charge in [0.05, 0.1) is 6.61 Å². The van der Waals surface area contributed by atoms with Crippen molar-refractivity contribution in [3.63, 3.8) is 0 Å². The van der Waals surface area contributed by atoms with Crippen molar-refractivity contribution in [1.82, 2.24) is 15.5 Å². The maximum absolute atomic E-state index is 11.9. The summed E-state index contributed by atoms with van der Waals surface area (Å²) in [6.07, 6.45) is 0.728. The first-order chi connectivity index (χ1) is 9.17. The van der Waals surface area contributed by atoms with Gasteiger partial charge in [-0.1, -0.05) is 0 Å². The number of carbonyl (C=O) groups is 2. The zero-order chi connectivity index (χ0) is 13.7. The molecule has 0 aromatic carbocycles. The molecule has 2 rings (SSSR count). The van der Waals surface area contributed by atoms with Crippen molar-refractivity contribution in [3.8, 4) is 0 Å². The minimum absolute atomic E-state index is 0.306. The second-order valence-corrected chi connectivity index (χ2v) is 4.91. The van der Waals surface area contributed by atoms with Crippen molar-refractivity contribution in [2.45, 2.75) is 12.0 Å². The van der Waals surface area contributed by atoms with Crippen LogP contribution in [0.15, 0.2) is 0 Å². The number of hydrogen-bond acceptors (Lipinski definition) is 5. The van der Waals surface area contributed by atoms with E-state index in [2.05, 4.69) is 10.6 Å². The fourth-order valence-corrected chi connectivity index (χ4v) is 2.29. The molecule has 108 valence electrons. The number of nitrogens with one attached hydrogen (secondary N) is 2. The van der Waals surface area contributed by atoms with Gasteiger partial charge in [-0.3, -0.25) is 9.59 Å². The summed E-state index contributed by atoms with van der Waals surface area (Å²) in [6, 6.07) is 0. The summed E-state index contributed by atoms with van der Waals surface area (Å²) >= 11 is 0. The highest BCUT2D eigenvalue weighted by Gasteiger charge is 2.36. The van der Waals surface area contributed by atoms with Gasteiger partial charge in [-0.15, -0.1) is 0 Å². The van der Waals surface area contributed by atoms with Crippen LogP contribution < -0.4 is 10.6 Å². The van der Waals surface area contributed by atoms with Crippen LogP contribution in [-0.2, 0) is 19.1 Å². The molecule has 2 amide bonds. The minimum atomic E-state index is -0.565. The molecule has 0 spiro atoms. The highest BCUT2D eigenvalue weighted by Crippen LogP contribution is 2.21. The molecule has 0 radical (unpaired) electrons. The Hall–Kier alpha value is -1.18. The monoisotopic (exact) mass is 271 g/mol. The van der Waals surface area contributed by atoms with Crippen LogP contribution >= 0.6 is 0 Å². The molecule has 2 saturated heterocycles. The summed E-state index contributed by atoms with van der Waals surface area (Å²) in [5.74, 6) is -1.03. The van der Waals surface area contributed by atoms with Gasteiger partial charge >= 0.3 is 11.8 Å². The second kappa shape index (κ2) is 6.31. The molecule has 1 unspecified atom stereocenters. The average Bonchev–Trinajstić information content (AvgIpc) is 2.94. The Kier molecular flexibility index (Phi) is 4.73. The van der Waals surface area contributed by atoms with Crippen molar-refractivity contribution < 1.29 is 19.1 Å². The fourth-order valence-electron chi connectivity index (χ4n) is 2.29. The largest absolute Gasteiger partial charge is 0.378 e. The summed E-state index contributed by atoms with van der Waals surface area (Å²) in [4.78, 5) is 25.3. The zero-order valence-corrected chi connectivity index (χ0v) is 11.2. The third-order valence-corrected chi connectivity index (χ3v) is 3.67. The van der Waals surface area contributed by atoms with E-state index in [0.29, 0.717) is 32.8 Å². The Morgan fingerprint density at radius 1 is 1.42 bits per heavy atom. The number of piperazine rings is 1. The van der Waals surface area contributed by atoms with Gasteiger partial charge in [0.1, 0.15) is 5.60 Å². The Balaban J connectivity index is 1.81. The summed E-state index contributed by atoms with van der Waals surface area (Å²) in [5.41, 5.74) is -0.487. The van der Waals surface area contributed by atoms with Crippen molar-refractivity contribution >= 4 is 11.8 Å². The lowest BCUT2D eigenvalue weighted by molar-refractivity contribution is -0.146. The normalized spacial score (nSPS) is 27.3. The molecule has 7 nitrogen and oxygen atoms in total. The number of amides is 2. The number of hydrogen-bond donors (Lipinski definition) is 2. The average molecular weight is 271 g/mol. The quantitative estimate of drug-likeness (QED) is 0.601. The van der Waals surface area contributed by atoms with Gasteiger partial charge in [0.2, 0.25) is 0 Å². The number of carbonyl (C=O) groups excluding carboxylic acids is 2. The molecular formula is C12H21N3O4. The van der Waals surface area contributed by atoms with Crippen molar-refractivity contribution in [2.24, 2.45) is 0 Å². The molecule has 0 aliphatic carbocycles. The third-order valence-electron chi connectivity index (χ3n) is 3.67. The maximum atomic E-state index is 11.9. The van der Waals surface area contributed by atoms with E-state index in [-0.39, 0.29) is 0 Å². The van der Waals surface area contributed by atoms with Crippen LogP contribution in [0.3, 0.4) is 0 Å². The van der Waals surface area contributed by atoms with Crippen LogP contribution in [0, 0.1) is 0 Å². The molecule has 2 aliphatic heterocycles. The second-order valence-electron chi connectivity index (χ2n) is 4.91. The summed E-state index contributed by atoms with van der Waals surface area (Å²) in [7, 11) is 1.60. The van der Waals surface area contributed by atoms with E-state index >= 15 is 0 Å². The molecule has 0 aromatic rings. The Morgan fingerprint density at radius 3 is 2.74 bits per heavy atom. The zero-order valence-electron chi connectivity index (χ0n) is 11.2. The first-order valence-corrected chi connectivity index (χ1v) is 6.58. The summed E-state index contributed by atoms with van der Waals surface area (Å²) in [5, 5.41) is 5.80. The molecule has 2 aliphatic rings. The van der Waals surface area contributed by atoms with Crippen LogP contribution in [0.25, 0.3) is 0 Å². The van der Waals surface area contributed by atoms with Crippen LogP contribution in [0.5, 0.6) is 0 Å². The van der Waals surface area contributed by atoms with Crippen molar-refractivity contribution in [3.05, 3.63) is 0 Å². The van der Waals surface area contributed by atoms with E-state index in [1.165, 1.54) is 0 Å². The van der Waals surface area contributed by atoms with Crippen molar-refractivity contribution in [1.29, 1.82) is 0 Å². The van der Waals surface area contributed by atoms with Gasteiger partial charge in [-0.2, -0.15) is 0 Å². The molecule has 0 bridgehead atoms. The molecule has 0 saturated carbocycles. The number of ether oxygens (including phenoxy) is 2. The first-order valence-electron chi connectivity index (χ1n) is 6.58. The standard InChI is InChI=1S/C12H21N3O4/c1-18-12(2-7-19-9-12)8-14-10(16)11(17)15-5-3-13-4-6-15/h13H,2-9H2,1H3,(H,14,16). The first kappa shape index (κ1) is 14.2. The molecule has 2 N–H and O–H groups in total. The van der Waals surface area contributed by atoms with E-state index in [0.717, 1.165) is 19.5 Å². The molecule has 1 atom stereocenters. The Bertz CT molecular complexity index is 336. The maximum Gasteiger partial charge on any atom is 0.311 e. The Morgan fingerprint density at radius 2 is 2.16 bits per heavy atom. The molecule has 2 fully saturated rings. The molecular weight excluding hydrogens is 250 g/mol. The molecule has 7 heteroatoms. The van der Waals surface area contributed by atoms with Crippen LogP contribution in [0.2, 0.25) is 0 Å². The predicted octanol–water partition coefficient (Wildman–Crippen LogP) is -1.66. The lowest BCUT2D eigenvalue weighted by Crippen LogP contribution is -2.53. The molecule has 0 aromatic heterocycles. The van der Waals surface area contributed by atoms with Crippen LogP contribution in [0.1, 0.15) is 6.42 Å². The highest BCUT2D eigenvalue weighted by molar-refractivity contribution is 6.35. The van der Waals surface area contributed by atoms with Gasteiger partial charge in [0, 0.05) is 52.9 Å². The summed E-state index contributed by atoms with van der Waals surface area (Å²) in [6.45, 7) is 3.99. The van der Waals surface area contributed by atoms with Crippen LogP contribution in [0.4, 0.5) is 0 Å². The van der Waals surface area contributed by atoms with E-state index in [9.17, 15) is 9.59 Å². The number of rotatable bonds is 3. The van der Waals surface area contributed by atoms with Crippen molar-refractivity contribution in [2.75, 3.05) is 53.0 Å². The SMILES string of the molecule is COC1(CNC(=O)C(=O)N2CCNCC2)CCOC1. The predicted molar refractivity (Wildman–Crippen MR) is 67.6 cm³/mol. The third kappa shape index (κ3) is 3.43. The summed E-state index contributed by atoms with van der Waals surface area (Å²) < 4.78 is 10.7. The van der Waals surface area contributed by atoms with Gasteiger partial charge in [0.15, 0.2) is 0 Å². The number of methoxy groups -OCH3 is 1. The number of nitrogens with zero attached hydrogens (tertiary/aromatic N) is 1.